The summed E-state index contributed by atoms with van der Waals surface area (Å²) in [6.45, 7) is 17.6. The van der Waals surface area contributed by atoms with E-state index >= 15 is 0 Å². The van der Waals surface area contributed by atoms with E-state index in [4.69, 9.17) is 5.73 Å². The Morgan fingerprint density at radius 1 is 1.05 bits per heavy atom. The van der Waals surface area contributed by atoms with Gasteiger partial charge in [0.15, 0.2) is 0 Å². The smallest absolute Gasteiger partial charge is 0.0456 e. The summed E-state index contributed by atoms with van der Waals surface area (Å²) in [6, 6.07) is 0. The van der Waals surface area contributed by atoms with Crippen molar-refractivity contribution in [2.45, 2.75) is 61.8 Å². The van der Waals surface area contributed by atoms with Crippen molar-refractivity contribution in [2.75, 3.05) is 6.54 Å². The second-order valence-electron chi connectivity index (χ2n) is 5.93. The van der Waals surface area contributed by atoms with E-state index in [1.807, 2.05) is 46.0 Å². The van der Waals surface area contributed by atoms with Crippen molar-refractivity contribution in [2.24, 2.45) is 21.6 Å². The molecule has 0 atom stereocenters. The van der Waals surface area contributed by atoms with E-state index < -0.39 is 0 Å². The number of rotatable bonds is 6. The lowest BCUT2D eigenvalue weighted by atomic mass is 9.72. The van der Waals surface area contributed by atoms with Crippen LogP contribution in [0.25, 0.3) is 0 Å². The molecule has 2 heteroatoms. The summed E-state index contributed by atoms with van der Waals surface area (Å²) in [5, 5.41) is 0. The molecule has 19 heavy (non-hydrogen) atoms. The Kier molecular flexibility index (Phi) is 10.7. The lowest BCUT2D eigenvalue weighted by Crippen LogP contribution is -2.34. The summed E-state index contributed by atoms with van der Waals surface area (Å²) >= 11 is 0. The molecule has 0 aromatic carbocycles. The van der Waals surface area contributed by atoms with E-state index in [9.17, 15) is 0 Å². The highest BCUT2D eigenvalue weighted by Gasteiger charge is 2.30. The van der Waals surface area contributed by atoms with Gasteiger partial charge in [-0.15, -0.1) is 0 Å². The number of nitrogens with zero attached hydrogens (tertiary/aromatic N) is 1. The minimum absolute atomic E-state index is 0.0366. The van der Waals surface area contributed by atoms with Gasteiger partial charge in [-0.25, -0.2) is 0 Å². The first-order valence-electron chi connectivity index (χ1n) is 7.31. The van der Waals surface area contributed by atoms with Crippen LogP contribution in [-0.2, 0) is 0 Å². The van der Waals surface area contributed by atoms with E-state index in [-0.39, 0.29) is 10.8 Å². The van der Waals surface area contributed by atoms with E-state index in [0.717, 1.165) is 12.1 Å². The molecule has 0 rings (SSSR count). The highest BCUT2D eigenvalue weighted by Crippen LogP contribution is 2.34. The van der Waals surface area contributed by atoms with Crippen molar-refractivity contribution in [1.29, 1.82) is 0 Å². The number of hydrogen-bond acceptors (Lipinski definition) is 2. The molecule has 0 bridgehead atoms. The van der Waals surface area contributed by atoms with Crippen molar-refractivity contribution in [3.63, 3.8) is 0 Å². The average Bonchev–Trinajstić information content (AvgIpc) is 2.35. The van der Waals surface area contributed by atoms with Gasteiger partial charge < -0.3 is 5.73 Å². The van der Waals surface area contributed by atoms with Gasteiger partial charge in [-0.05, 0) is 38.3 Å². The molecule has 2 nitrogen and oxygen atoms in total. The molecule has 0 heterocycles. The van der Waals surface area contributed by atoms with Crippen LogP contribution < -0.4 is 5.73 Å². The first-order chi connectivity index (χ1) is 8.79. The third kappa shape index (κ3) is 8.77. The molecule has 0 aromatic heterocycles. The highest BCUT2D eigenvalue weighted by atomic mass is 14.7. The zero-order chi connectivity index (χ0) is 15.5. The third-order valence-corrected chi connectivity index (χ3v) is 2.85. The van der Waals surface area contributed by atoms with Gasteiger partial charge in [0, 0.05) is 17.3 Å². The van der Waals surface area contributed by atoms with Crippen LogP contribution in [0.5, 0.6) is 0 Å². The first-order valence-corrected chi connectivity index (χ1v) is 7.31. The molecule has 0 amide bonds. The number of allylic oxidation sites excluding steroid dienone is 3. The largest absolute Gasteiger partial charge is 0.330 e. The van der Waals surface area contributed by atoms with E-state index in [2.05, 4.69) is 38.8 Å². The third-order valence-electron chi connectivity index (χ3n) is 2.85. The fourth-order valence-electron chi connectivity index (χ4n) is 2.12. The molecular weight excluding hydrogens is 232 g/mol. The van der Waals surface area contributed by atoms with Crippen LogP contribution >= 0.6 is 0 Å². The Morgan fingerprint density at radius 3 is 1.95 bits per heavy atom. The van der Waals surface area contributed by atoms with Gasteiger partial charge in [-0.3, -0.25) is 4.99 Å². The second kappa shape index (κ2) is 9.96. The first kappa shape index (κ1) is 20.4. The van der Waals surface area contributed by atoms with Crippen LogP contribution in [-0.4, -0.2) is 12.3 Å². The van der Waals surface area contributed by atoms with E-state index in [1.165, 1.54) is 0 Å². The van der Waals surface area contributed by atoms with Crippen LogP contribution in [0, 0.1) is 10.8 Å². The van der Waals surface area contributed by atoms with Crippen molar-refractivity contribution in [3.05, 3.63) is 24.4 Å². The van der Waals surface area contributed by atoms with Gasteiger partial charge in [0.2, 0.25) is 0 Å². The summed E-state index contributed by atoms with van der Waals surface area (Å²) in [6.07, 6.45) is 8.96. The summed E-state index contributed by atoms with van der Waals surface area (Å²) in [5.41, 5.74) is 7.10. The van der Waals surface area contributed by atoms with Crippen LogP contribution in [0.15, 0.2) is 29.4 Å². The average molecular weight is 266 g/mol. The summed E-state index contributed by atoms with van der Waals surface area (Å²) < 4.78 is 0. The lowest BCUT2D eigenvalue weighted by Gasteiger charge is -2.34. The van der Waals surface area contributed by atoms with Gasteiger partial charge in [0.25, 0.3) is 0 Å². The molecule has 0 unspecified atom stereocenters. The molecule has 0 saturated carbocycles. The highest BCUT2D eigenvalue weighted by molar-refractivity contribution is 5.99. The van der Waals surface area contributed by atoms with E-state index in [1.54, 1.807) is 0 Å². The zero-order valence-electron chi connectivity index (χ0n) is 14.2. The monoisotopic (exact) mass is 266 g/mol. The lowest BCUT2D eigenvalue weighted by molar-refractivity contribution is 0.261. The molecule has 0 spiro atoms. The van der Waals surface area contributed by atoms with Gasteiger partial charge in [0.05, 0.1) is 0 Å². The summed E-state index contributed by atoms with van der Waals surface area (Å²) in [7, 11) is 0. The molecule has 0 aliphatic heterocycles. The maximum atomic E-state index is 5.82. The Bertz CT molecular complexity index is 307. The summed E-state index contributed by atoms with van der Waals surface area (Å²) in [5.74, 6) is 0. The van der Waals surface area contributed by atoms with Crippen molar-refractivity contribution in [1.82, 2.24) is 0 Å². The van der Waals surface area contributed by atoms with Gasteiger partial charge in [0.1, 0.15) is 0 Å². The Morgan fingerprint density at radius 2 is 1.58 bits per heavy atom. The molecule has 0 radical (unpaired) electrons. The maximum absolute atomic E-state index is 5.82. The predicted octanol–water partition coefficient (Wildman–Crippen LogP) is 4.96. The molecule has 0 aromatic rings. The van der Waals surface area contributed by atoms with Crippen LogP contribution in [0.4, 0.5) is 0 Å². The standard InChI is InChI=1S/C15H28N2.C2H6/c1-7-9-13(17-10-8-2)15(5,6)11-14(3,4)12-16;1-2/h7-10H,11-12,16H2,1-6H3;1-2H3/b9-7-,10-8-,17-13+;. The Labute approximate surface area is 120 Å². The topological polar surface area (TPSA) is 38.4 Å². The SMILES string of the molecule is CC.C\C=C/N=C(\C=C/C)C(C)(C)CC(C)(C)CN. The molecule has 2 N–H and O–H groups in total. The quantitative estimate of drug-likeness (QED) is 0.678. The number of nitrogens with two attached hydrogens (primary N) is 1. The Balaban J connectivity index is 0. The fourth-order valence-corrected chi connectivity index (χ4v) is 2.12. The number of hydrogen-bond donors (Lipinski definition) is 1. The molecule has 112 valence electrons. The van der Waals surface area contributed by atoms with Crippen LogP contribution in [0.2, 0.25) is 0 Å². The molecule has 0 fully saturated rings. The fraction of sp³-hybridized carbons (Fsp3) is 0.706. The molecule has 0 aliphatic carbocycles. The Hall–Kier alpha value is -0.890. The van der Waals surface area contributed by atoms with E-state index in [0.29, 0.717) is 6.54 Å². The summed E-state index contributed by atoms with van der Waals surface area (Å²) in [4.78, 5) is 4.53. The zero-order valence-corrected chi connectivity index (χ0v) is 14.2. The normalized spacial score (nSPS) is 13.8. The molecule has 0 aliphatic rings. The van der Waals surface area contributed by atoms with Crippen LogP contribution in [0.1, 0.15) is 61.8 Å². The molecule has 0 saturated heterocycles. The minimum Gasteiger partial charge on any atom is -0.330 e. The number of aliphatic imine (C=N–C) groups is 1. The van der Waals surface area contributed by atoms with Crippen molar-refractivity contribution in [3.8, 4) is 0 Å². The second-order valence-corrected chi connectivity index (χ2v) is 5.93. The van der Waals surface area contributed by atoms with Crippen LogP contribution in [0.3, 0.4) is 0 Å². The van der Waals surface area contributed by atoms with Gasteiger partial charge in [-0.1, -0.05) is 53.7 Å². The van der Waals surface area contributed by atoms with Crippen molar-refractivity contribution < 1.29 is 0 Å². The maximum Gasteiger partial charge on any atom is 0.0456 e. The minimum atomic E-state index is 0.0366. The molecular formula is C17H34N2. The van der Waals surface area contributed by atoms with Gasteiger partial charge in [-0.2, -0.15) is 0 Å². The van der Waals surface area contributed by atoms with Crippen molar-refractivity contribution >= 4 is 5.71 Å². The van der Waals surface area contributed by atoms with Gasteiger partial charge >= 0.3 is 0 Å². The predicted molar refractivity (Wildman–Crippen MR) is 89.6 cm³/mol.